The quantitative estimate of drug-likeness (QED) is 0.836. The van der Waals surface area contributed by atoms with E-state index in [4.69, 9.17) is 4.74 Å². The predicted octanol–water partition coefficient (Wildman–Crippen LogP) is 1.82. The van der Waals surface area contributed by atoms with Crippen molar-refractivity contribution in [1.82, 2.24) is 4.57 Å². The molecule has 18 heavy (non-hydrogen) atoms. The molecule has 0 amide bonds. The SMILES string of the molecule is COC(=O)c1cccn1Cc1ccccc1CO. The summed E-state index contributed by atoms with van der Waals surface area (Å²) < 4.78 is 6.53. The zero-order valence-corrected chi connectivity index (χ0v) is 10.2. The van der Waals surface area contributed by atoms with Crippen molar-refractivity contribution in [3.8, 4) is 0 Å². The number of hydrogen-bond donors (Lipinski definition) is 1. The summed E-state index contributed by atoms with van der Waals surface area (Å²) in [5.41, 5.74) is 2.36. The minimum Gasteiger partial charge on any atom is -0.464 e. The molecule has 1 aromatic heterocycles. The highest BCUT2D eigenvalue weighted by molar-refractivity contribution is 5.87. The van der Waals surface area contributed by atoms with Crippen LogP contribution in [0.5, 0.6) is 0 Å². The minimum atomic E-state index is -0.360. The van der Waals surface area contributed by atoms with E-state index >= 15 is 0 Å². The Morgan fingerprint density at radius 3 is 2.61 bits per heavy atom. The predicted molar refractivity (Wildman–Crippen MR) is 67.2 cm³/mol. The van der Waals surface area contributed by atoms with Crippen LogP contribution < -0.4 is 0 Å². The summed E-state index contributed by atoms with van der Waals surface area (Å²) in [5, 5.41) is 9.27. The molecule has 0 radical (unpaired) electrons. The summed E-state index contributed by atoms with van der Waals surface area (Å²) in [6, 6.07) is 11.1. The molecular formula is C14H15NO3. The molecule has 0 atom stereocenters. The molecule has 0 bridgehead atoms. The number of carbonyl (C=O) groups is 1. The van der Waals surface area contributed by atoms with Gasteiger partial charge in [-0.25, -0.2) is 4.79 Å². The van der Waals surface area contributed by atoms with E-state index < -0.39 is 0 Å². The average molecular weight is 245 g/mol. The summed E-state index contributed by atoms with van der Waals surface area (Å²) in [5.74, 6) is -0.360. The largest absolute Gasteiger partial charge is 0.464 e. The van der Waals surface area contributed by atoms with Crippen molar-refractivity contribution in [2.24, 2.45) is 0 Å². The molecule has 1 heterocycles. The van der Waals surface area contributed by atoms with Crippen LogP contribution in [-0.2, 0) is 17.9 Å². The molecule has 0 unspecified atom stereocenters. The highest BCUT2D eigenvalue weighted by Gasteiger charge is 2.11. The van der Waals surface area contributed by atoms with Crippen LogP contribution in [0.3, 0.4) is 0 Å². The fraction of sp³-hybridized carbons (Fsp3) is 0.214. The molecule has 2 rings (SSSR count). The van der Waals surface area contributed by atoms with Crippen LogP contribution >= 0.6 is 0 Å². The normalized spacial score (nSPS) is 10.3. The molecule has 0 aliphatic rings. The zero-order valence-electron chi connectivity index (χ0n) is 10.2. The Morgan fingerprint density at radius 1 is 1.22 bits per heavy atom. The lowest BCUT2D eigenvalue weighted by Gasteiger charge is -2.10. The van der Waals surface area contributed by atoms with Gasteiger partial charge in [0.25, 0.3) is 0 Å². The second-order valence-electron chi connectivity index (χ2n) is 3.94. The number of benzene rings is 1. The van der Waals surface area contributed by atoms with Gasteiger partial charge in [0.2, 0.25) is 0 Å². The summed E-state index contributed by atoms with van der Waals surface area (Å²) in [6.07, 6.45) is 1.82. The third-order valence-electron chi connectivity index (χ3n) is 2.85. The van der Waals surface area contributed by atoms with Crippen molar-refractivity contribution in [3.05, 3.63) is 59.4 Å². The monoisotopic (exact) mass is 245 g/mol. The lowest BCUT2D eigenvalue weighted by Crippen LogP contribution is -2.11. The van der Waals surface area contributed by atoms with E-state index in [1.807, 2.05) is 30.5 Å². The Hall–Kier alpha value is -2.07. The molecule has 0 spiro atoms. The highest BCUT2D eigenvalue weighted by Crippen LogP contribution is 2.13. The number of aromatic nitrogens is 1. The van der Waals surface area contributed by atoms with Gasteiger partial charge in [0.15, 0.2) is 0 Å². The second-order valence-corrected chi connectivity index (χ2v) is 3.94. The van der Waals surface area contributed by atoms with Crippen LogP contribution in [0.1, 0.15) is 21.6 Å². The molecule has 0 fully saturated rings. The molecule has 0 aliphatic heterocycles. The van der Waals surface area contributed by atoms with E-state index in [0.717, 1.165) is 11.1 Å². The Morgan fingerprint density at radius 2 is 1.94 bits per heavy atom. The summed E-state index contributed by atoms with van der Waals surface area (Å²) in [4.78, 5) is 11.5. The molecule has 4 nitrogen and oxygen atoms in total. The lowest BCUT2D eigenvalue weighted by atomic mass is 10.1. The molecular weight excluding hydrogens is 230 g/mol. The summed E-state index contributed by atoms with van der Waals surface area (Å²) in [6.45, 7) is 0.527. The topological polar surface area (TPSA) is 51.5 Å². The number of nitrogens with zero attached hydrogens (tertiary/aromatic N) is 1. The number of aliphatic hydroxyl groups excluding tert-OH is 1. The number of esters is 1. The first-order valence-electron chi connectivity index (χ1n) is 5.67. The van der Waals surface area contributed by atoms with Crippen LogP contribution in [0.15, 0.2) is 42.6 Å². The summed E-state index contributed by atoms with van der Waals surface area (Å²) >= 11 is 0. The first-order chi connectivity index (χ1) is 8.76. The number of ether oxygens (including phenoxy) is 1. The number of rotatable bonds is 4. The second kappa shape index (κ2) is 5.51. The van der Waals surface area contributed by atoms with Gasteiger partial charge in [-0.3, -0.25) is 0 Å². The zero-order chi connectivity index (χ0) is 13.0. The Balaban J connectivity index is 2.29. The Kier molecular flexibility index (Phi) is 3.79. The van der Waals surface area contributed by atoms with Gasteiger partial charge in [-0.1, -0.05) is 24.3 Å². The van der Waals surface area contributed by atoms with Gasteiger partial charge in [0.1, 0.15) is 5.69 Å². The Bertz CT molecular complexity index is 545. The molecule has 4 heteroatoms. The van der Waals surface area contributed by atoms with Crippen molar-refractivity contribution in [1.29, 1.82) is 0 Å². The lowest BCUT2D eigenvalue weighted by molar-refractivity contribution is 0.0589. The fourth-order valence-corrected chi connectivity index (χ4v) is 1.89. The van der Waals surface area contributed by atoms with Crippen molar-refractivity contribution in [2.75, 3.05) is 7.11 Å². The van der Waals surface area contributed by atoms with E-state index in [2.05, 4.69) is 0 Å². The molecule has 2 aromatic rings. The van der Waals surface area contributed by atoms with Gasteiger partial charge in [-0.15, -0.1) is 0 Å². The fourth-order valence-electron chi connectivity index (χ4n) is 1.89. The maximum absolute atomic E-state index is 11.5. The number of aliphatic hydroxyl groups is 1. The number of methoxy groups -OCH3 is 1. The molecule has 1 aromatic carbocycles. The highest BCUT2D eigenvalue weighted by atomic mass is 16.5. The number of hydrogen-bond acceptors (Lipinski definition) is 3. The van der Waals surface area contributed by atoms with Crippen LogP contribution in [-0.4, -0.2) is 22.8 Å². The minimum absolute atomic E-state index is 0.00893. The molecule has 0 saturated heterocycles. The van der Waals surface area contributed by atoms with Crippen molar-refractivity contribution < 1.29 is 14.6 Å². The van der Waals surface area contributed by atoms with Crippen LogP contribution in [0, 0.1) is 0 Å². The van der Waals surface area contributed by atoms with Crippen molar-refractivity contribution in [3.63, 3.8) is 0 Å². The Labute approximate surface area is 105 Å². The van der Waals surface area contributed by atoms with Gasteiger partial charge in [0, 0.05) is 12.7 Å². The standard InChI is InChI=1S/C14H15NO3/c1-18-14(17)13-7-4-8-15(13)9-11-5-2-3-6-12(11)10-16/h2-8,16H,9-10H2,1H3. The average Bonchev–Trinajstić information content (AvgIpc) is 2.86. The molecule has 1 N–H and O–H groups in total. The smallest absolute Gasteiger partial charge is 0.354 e. The maximum atomic E-state index is 11.5. The van der Waals surface area contributed by atoms with Crippen LogP contribution in [0.25, 0.3) is 0 Å². The third kappa shape index (κ3) is 2.43. The van der Waals surface area contributed by atoms with Crippen molar-refractivity contribution in [2.45, 2.75) is 13.2 Å². The van der Waals surface area contributed by atoms with E-state index in [9.17, 15) is 9.90 Å². The number of carbonyl (C=O) groups excluding carboxylic acids is 1. The van der Waals surface area contributed by atoms with Crippen molar-refractivity contribution >= 4 is 5.97 Å². The third-order valence-corrected chi connectivity index (χ3v) is 2.85. The maximum Gasteiger partial charge on any atom is 0.354 e. The summed E-state index contributed by atoms with van der Waals surface area (Å²) in [7, 11) is 1.36. The van der Waals surface area contributed by atoms with Gasteiger partial charge in [0.05, 0.1) is 13.7 Å². The first-order valence-corrected chi connectivity index (χ1v) is 5.67. The van der Waals surface area contributed by atoms with Crippen LogP contribution in [0.4, 0.5) is 0 Å². The molecule has 0 aliphatic carbocycles. The van der Waals surface area contributed by atoms with E-state index in [1.165, 1.54) is 7.11 Å². The van der Waals surface area contributed by atoms with E-state index in [0.29, 0.717) is 12.2 Å². The molecule has 0 saturated carbocycles. The van der Waals surface area contributed by atoms with Gasteiger partial charge in [-0.2, -0.15) is 0 Å². The van der Waals surface area contributed by atoms with Gasteiger partial charge >= 0.3 is 5.97 Å². The van der Waals surface area contributed by atoms with Gasteiger partial charge < -0.3 is 14.4 Å². The van der Waals surface area contributed by atoms with E-state index in [-0.39, 0.29) is 12.6 Å². The first kappa shape index (κ1) is 12.4. The van der Waals surface area contributed by atoms with Gasteiger partial charge in [-0.05, 0) is 23.3 Å². The molecule has 94 valence electrons. The van der Waals surface area contributed by atoms with Crippen LogP contribution in [0.2, 0.25) is 0 Å². The van der Waals surface area contributed by atoms with E-state index in [1.54, 1.807) is 16.7 Å².